The number of piperazine rings is 1. The lowest BCUT2D eigenvalue weighted by molar-refractivity contribution is -0.132. The summed E-state index contributed by atoms with van der Waals surface area (Å²) in [6.45, 7) is 7.10. The van der Waals surface area contributed by atoms with E-state index in [0.29, 0.717) is 13.1 Å². The third-order valence-electron chi connectivity index (χ3n) is 5.39. The van der Waals surface area contributed by atoms with E-state index in [1.165, 1.54) is 0 Å². The number of amides is 2. The maximum atomic E-state index is 12.7. The van der Waals surface area contributed by atoms with Gasteiger partial charge in [-0.15, -0.1) is 0 Å². The van der Waals surface area contributed by atoms with Crippen molar-refractivity contribution >= 4 is 34.8 Å². The number of hydrogen-bond donors (Lipinski definition) is 1. The zero-order valence-electron chi connectivity index (χ0n) is 17.8. The Kier molecular flexibility index (Phi) is 7.34. The van der Waals surface area contributed by atoms with Crippen LogP contribution in [0.5, 0.6) is 0 Å². The molecule has 0 radical (unpaired) electrons. The molecule has 3 rings (SSSR count). The van der Waals surface area contributed by atoms with Gasteiger partial charge in [-0.3, -0.25) is 14.5 Å². The van der Waals surface area contributed by atoms with Gasteiger partial charge in [0.15, 0.2) is 0 Å². The van der Waals surface area contributed by atoms with Gasteiger partial charge in [0.2, 0.25) is 11.8 Å². The molecule has 0 aromatic heterocycles. The van der Waals surface area contributed by atoms with Crippen LogP contribution in [0.15, 0.2) is 42.5 Å². The Bertz CT molecular complexity index is 890. The fourth-order valence-corrected chi connectivity index (χ4v) is 3.98. The fourth-order valence-electron chi connectivity index (χ4n) is 3.73. The number of likely N-dealkylation sites (N-methyl/N-ethyl adjacent to an activating group) is 1. The standard InChI is InChI=1S/C23H29ClN4O2/c1-17-7-6-8-18(2)23(17)25-21(29)15-26(3)16-22(30)28-13-11-27(12-14-28)20-10-5-4-9-19(20)24/h4-10H,11-16H2,1-3H3,(H,25,29). The smallest absolute Gasteiger partial charge is 0.238 e. The van der Waals surface area contributed by atoms with Crippen molar-refractivity contribution in [2.75, 3.05) is 56.5 Å². The minimum absolute atomic E-state index is 0.0381. The predicted molar refractivity (Wildman–Crippen MR) is 122 cm³/mol. The lowest BCUT2D eigenvalue weighted by Gasteiger charge is -2.37. The number of para-hydroxylation sites is 2. The maximum Gasteiger partial charge on any atom is 0.238 e. The molecule has 1 aliphatic heterocycles. The van der Waals surface area contributed by atoms with Crippen LogP contribution in [0.25, 0.3) is 0 Å². The van der Waals surface area contributed by atoms with Gasteiger partial charge in [-0.1, -0.05) is 41.9 Å². The van der Waals surface area contributed by atoms with Gasteiger partial charge in [0.1, 0.15) is 0 Å². The molecular weight excluding hydrogens is 400 g/mol. The number of nitrogens with zero attached hydrogens (tertiary/aromatic N) is 3. The van der Waals surface area contributed by atoms with Crippen LogP contribution in [-0.2, 0) is 9.59 Å². The van der Waals surface area contributed by atoms with Crippen molar-refractivity contribution in [1.82, 2.24) is 9.80 Å². The third-order valence-corrected chi connectivity index (χ3v) is 5.71. The highest BCUT2D eigenvalue weighted by Crippen LogP contribution is 2.26. The van der Waals surface area contributed by atoms with Crippen molar-refractivity contribution in [3.8, 4) is 0 Å². The molecule has 1 heterocycles. The molecule has 0 unspecified atom stereocenters. The van der Waals surface area contributed by atoms with E-state index in [9.17, 15) is 9.59 Å². The number of carbonyl (C=O) groups excluding carboxylic acids is 2. The predicted octanol–water partition coefficient (Wildman–Crippen LogP) is 3.18. The number of carbonyl (C=O) groups is 2. The minimum Gasteiger partial charge on any atom is -0.367 e. The van der Waals surface area contributed by atoms with E-state index < -0.39 is 0 Å². The molecule has 2 aromatic carbocycles. The Balaban J connectivity index is 1.47. The Morgan fingerprint density at radius 1 is 0.967 bits per heavy atom. The number of anilines is 2. The summed E-state index contributed by atoms with van der Waals surface area (Å²) in [5.74, 6) is -0.0811. The quantitative estimate of drug-likeness (QED) is 0.767. The van der Waals surface area contributed by atoms with E-state index in [-0.39, 0.29) is 24.9 Å². The van der Waals surface area contributed by atoms with E-state index in [4.69, 9.17) is 11.6 Å². The highest BCUT2D eigenvalue weighted by molar-refractivity contribution is 6.33. The van der Waals surface area contributed by atoms with E-state index >= 15 is 0 Å². The van der Waals surface area contributed by atoms with Crippen molar-refractivity contribution in [2.45, 2.75) is 13.8 Å². The van der Waals surface area contributed by atoms with E-state index in [1.807, 2.05) is 61.2 Å². The Hall–Kier alpha value is -2.57. The second kappa shape index (κ2) is 9.96. The number of nitrogens with one attached hydrogen (secondary N) is 1. The first-order valence-corrected chi connectivity index (χ1v) is 10.5. The Morgan fingerprint density at radius 2 is 1.60 bits per heavy atom. The van der Waals surface area contributed by atoms with Gasteiger partial charge in [0.25, 0.3) is 0 Å². The van der Waals surface area contributed by atoms with Crippen molar-refractivity contribution in [3.05, 3.63) is 58.6 Å². The summed E-state index contributed by atoms with van der Waals surface area (Å²) >= 11 is 6.28. The second-order valence-electron chi connectivity index (χ2n) is 7.81. The van der Waals surface area contributed by atoms with Crippen LogP contribution in [-0.4, -0.2) is 67.9 Å². The molecule has 1 saturated heterocycles. The molecule has 0 spiro atoms. The van der Waals surface area contributed by atoms with Crippen LogP contribution >= 0.6 is 11.6 Å². The summed E-state index contributed by atoms with van der Waals surface area (Å²) in [6, 6.07) is 13.7. The van der Waals surface area contributed by atoms with Gasteiger partial charge in [0.05, 0.1) is 23.8 Å². The molecule has 0 saturated carbocycles. The van der Waals surface area contributed by atoms with Gasteiger partial charge >= 0.3 is 0 Å². The highest BCUT2D eigenvalue weighted by Gasteiger charge is 2.23. The van der Waals surface area contributed by atoms with E-state index in [0.717, 1.165) is 40.6 Å². The topological polar surface area (TPSA) is 55.9 Å². The first-order valence-electron chi connectivity index (χ1n) is 10.2. The first kappa shape index (κ1) is 22.1. The lowest BCUT2D eigenvalue weighted by Crippen LogP contribution is -2.51. The zero-order chi connectivity index (χ0) is 21.7. The largest absolute Gasteiger partial charge is 0.367 e. The number of halogens is 1. The summed E-state index contributed by atoms with van der Waals surface area (Å²) in [4.78, 5) is 30.9. The zero-order valence-corrected chi connectivity index (χ0v) is 18.6. The van der Waals surface area contributed by atoms with Crippen LogP contribution in [0.4, 0.5) is 11.4 Å². The normalized spacial score (nSPS) is 14.2. The molecule has 0 atom stereocenters. The molecule has 1 N–H and O–H groups in total. The minimum atomic E-state index is -0.119. The van der Waals surface area contributed by atoms with Gasteiger partial charge in [-0.05, 0) is 44.2 Å². The van der Waals surface area contributed by atoms with Crippen LogP contribution in [0, 0.1) is 13.8 Å². The van der Waals surface area contributed by atoms with Crippen LogP contribution in [0.1, 0.15) is 11.1 Å². The fraction of sp³-hybridized carbons (Fsp3) is 0.391. The average Bonchev–Trinajstić information content (AvgIpc) is 2.71. The SMILES string of the molecule is Cc1cccc(C)c1NC(=O)CN(C)CC(=O)N1CCN(c2ccccc2Cl)CC1. The summed E-state index contributed by atoms with van der Waals surface area (Å²) in [6.07, 6.45) is 0. The molecule has 7 heteroatoms. The van der Waals surface area contributed by atoms with Gasteiger partial charge in [-0.2, -0.15) is 0 Å². The average molecular weight is 429 g/mol. The highest BCUT2D eigenvalue weighted by atomic mass is 35.5. The Labute approximate surface area is 183 Å². The van der Waals surface area contributed by atoms with Crippen molar-refractivity contribution in [2.24, 2.45) is 0 Å². The molecule has 1 fully saturated rings. The van der Waals surface area contributed by atoms with Crippen molar-refractivity contribution in [1.29, 1.82) is 0 Å². The third kappa shape index (κ3) is 5.52. The summed E-state index contributed by atoms with van der Waals surface area (Å²) < 4.78 is 0. The lowest BCUT2D eigenvalue weighted by atomic mass is 10.1. The molecule has 0 aliphatic carbocycles. The Morgan fingerprint density at radius 3 is 2.23 bits per heavy atom. The van der Waals surface area contributed by atoms with Gasteiger partial charge in [-0.25, -0.2) is 0 Å². The number of hydrogen-bond acceptors (Lipinski definition) is 4. The monoisotopic (exact) mass is 428 g/mol. The molecule has 1 aliphatic rings. The number of benzene rings is 2. The number of rotatable bonds is 6. The molecule has 0 bridgehead atoms. The summed E-state index contributed by atoms with van der Waals surface area (Å²) in [5, 5.41) is 3.70. The van der Waals surface area contributed by atoms with Crippen molar-refractivity contribution < 1.29 is 9.59 Å². The van der Waals surface area contributed by atoms with Crippen LogP contribution in [0.2, 0.25) is 5.02 Å². The molecule has 160 valence electrons. The molecule has 2 amide bonds. The van der Waals surface area contributed by atoms with Gasteiger partial charge < -0.3 is 15.1 Å². The second-order valence-corrected chi connectivity index (χ2v) is 8.21. The first-order chi connectivity index (χ1) is 14.3. The van der Waals surface area contributed by atoms with Crippen molar-refractivity contribution in [3.63, 3.8) is 0 Å². The number of aryl methyl sites for hydroxylation is 2. The molecule has 30 heavy (non-hydrogen) atoms. The van der Waals surface area contributed by atoms with E-state index in [2.05, 4.69) is 10.2 Å². The maximum absolute atomic E-state index is 12.7. The van der Waals surface area contributed by atoms with Crippen LogP contribution in [0.3, 0.4) is 0 Å². The molecule has 2 aromatic rings. The van der Waals surface area contributed by atoms with Gasteiger partial charge in [0, 0.05) is 31.9 Å². The van der Waals surface area contributed by atoms with E-state index in [1.54, 1.807) is 11.9 Å². The summed E-state index contributed by atoms with van der Waals surface area (Å²) in [7, 11) is 1.79. The summed E-state index contributed by atoms with van der Waals surface area (Å²) in [5.41, 5.74) is 3.90. The molecule has 6 nitrogen and oxygen atoms in total. The van der Waals surface area contributed by atoms with Crippen LogP contribution < -0.4 is 10.2 Å². The molecular formula is C23H29ClN4O2.